The zero-order valence-electron chi connectivity index (χ0n) is 16.6. The number of hydrogen-bond acceptors (Lipinski definition) is 7. The summed E-state index contributed by atoms with van der Waals surface area (Å²) >= 11 is 0. The summed E-state index contributed by atoms with van der Waals surface area (Å²) in [5, 5.41) is 3.33. The number of nitrogens with zero attached hydrogens (tertiary/aromatic N) is 6. The number of hydrogen-bond donors (Lipinski definition) is 1. The maximum atomic E-state index is 12.9. The van der Waals surface area contributed by atoms with Gasteiger partial charge in [-0.3, -0.25) is 4.79 Å². The average molecular weight is 393 g/mol. The Bertz CT molecular complexity index is 847. The van der Waals surface area contributed by atoms with Crippen LogP contribution < -0.4 is 10.2 Å². The van der Waals surface area contributed by atoms with Gasteiger partial charge in [0.2, 0.25) is 5.95 Å². The normalized spacial score (nSPS) is 17.0. The molecule has 2 aliphatic rings. The van der Waals surface area contributed by atoms with Crippen LogP contribution in [0.1, 0.15) is 42.6 Å². The van der Waals surface area contributed by atoms with Gasteiger partial charge in [0.25, 0.3) is 5.91 Å². The summed E-state index contributed by atoms with van der Waals surface area (Å²) < 4.78 is 0. The van der Waals surface area contributed by atoms with Gasteiger partial charge in [0.15, 0.2) is 0 Å². The van der Waals surface area contributed by atoms with Crippen molar-refractivity contribution >= 4 is 17.7 Å². The van der Waals surface area contributed by atoms with Gasteiger partial charge < -0.3 is 15.1 Å². The molecule has 0 radical (unpaired) electrons. The van der Waals surface area contributed by atoms with Crippen molar-refractivity contribution in [2.75, 3.05) is 42.9 Å². The molecule has 0 spiro atoms. The van der Waals surface area contributed by atoms with E-state index in [4.69, 9.17) is 0 Å². The van der Waals surface area contributed by atoms with Gasteiger partial charge >= 0.3 is 0 Å². The molecule has 0 aromatic carbocycles. The lowest BCUT2D eigenvalue weighted by molar-refractivity contribution is 0.0740. The Morgan fingerprint density at radius 3 is 2.62 bits per heavy atom. The SMILES string of the molecule is O=C(c1cc(NCCC2=CCCCC2)ncn1)N1CCN(c2ncccn2)CC1. The van der Waals surface area contributed by atoms with E-state index in [9.17, 15) is 4.79 Å². The molecule has 0 unspecified atom stereocenters. The Morgan fingerprint density at radius 1 is 1.03 bits per heavy atom. The van der Waals surface area contributed by atoms with Crippen molar-refractivity contribution in [3.8, 4) is 0 Å². The average Bonchev–Trinajstić information content (AvgIpc) is 2.80. The molecule has 1 fully saturated rings. The number of aromatic nitrogens is 4. The Balaban J connectivity index is 1.30. The molecule has 0 bridgehead atoms. The highest BCUT2D eigenvalue weighted by Gasteiger charge is 2.24. The number of allylic oxidation sites excluding steroid dienone is 1. The van der Waals surface area contributed by atoms with E-state index in [-0.39, 0.29) is 5.91 Å². The molecule has 0 atom stereocenters. The van der Waals surface area contributed by atoms with Crippen LogP contribution in [0, 0.1) is 0 Å². The zero-order chi connectivity index (χ0) is 19.9. The fraction of sp³-hybridized carbons (Fsp3) is 0.476. The highest BCUT2D eigenvalue weighted by molar-refractivity contribution is 5.93. The minimum Gasteiger partial charge on any atom is -0.370 e. The van der Waals surface area contributed by atoms with Crippen LogP contribution in [0.5, 0.6) is 0 Å². The van der Waals surface area contributed by atoms with Gasteiger partial charge in [-0.1, -0.05) is 11.6 Å². The smallest absolute Gasteiger partial charge is 0.272 e. The summed E-state index contributed by atoms with van der Waals surface area (Å²) in [4.78, 5) is 33.8. The zero-order valence-corrected chi connectivity index (χ0v) is 16.6. The van der Waals surface area contributed by atoms with Crippen LogP contribution >= 0.6 is 0 Å². The van der Waals surface area contributed by atoms with Crippen molar-refractivity contribution in [2.24, 2.45) is 0 Å². The molecule has 1 aliphatic carbocycles. The molecule has 1 aliphatic heterocycles. The first kappa shape index (κ1) is 19.3. The number of rotatable bonds is 6. The Hall–Kier alpha value is -3.03. The summed E-state index contributed by atoms with van der Waals surface area (Å²) in [6.45, 7) is 3.49. The van der Waals surface area contributed by atoms with Gasteiger partial charge in [-0.2, -0.15) is 0 Å². The number of carbonyl (C=O) groups excluding carboxylic acids is 1. The second-order valence-corrected chi connectivity index (χ2v) is 7.40. The third-order valence-electron chi connectivity index (χ3n) is 5.43. The van der Waals surface area contributed by atoms with E-state index in [0.29, 0.717) is 43.6 Å². The van der Waals surface area contributed by atoms with Crippen LogP contribution in [0.3, 0.4) is 0 Å². The predicted octanol–water partition coefficient (Wildman–Crippen LogP) is 2.53. The Morgan fingerprint density at radius 2 is 1.86 bits per heavy atom. The van der Waals surface area contributed by atoms with E-state index in [2.05, 4.69) is 36.2 Å². The van der Waals surface area contributed by atoms with E-state index >= 15 is 0 Å². The second kappa shape index (κ2) is 9.45. The van der Waals surface area contributed by atoms with Crippen molar-refractivity contribution in [2.45, 2.75) is 32.1 Å². The minimum atomic E-state index is -0.0564. The summed E-state index contributed by atoms with van der Waals surface area (Å²) in [5.74, 6) is 1.36. The van der Waals surface area contributed by atoms with Gasteiger partial charge in [0, 0.05) is 51.2 Å². The molecule has 0 saturated carbocycles. The molecule has 8 heteroatoms. The first-order valence-corrected chi connectivity index (χ1v) is 10.3. The topological polar surface area (TPSA) is 87.1 Å². The highest BCUT2D eigenvalue weighted by Crippen LogP contribution is 2.20. The van der Waals surface area contributed by atoms with E-state index in [0.717, 1.165) is 13.0 Å². The van der Waals surface area contributed by atoms with Crippen LogP contribution in [-0.2, 0) is 0 Å². The molecule has 3 heterocycles. The molecule has 2 aromatic heterocycles. The summed E-state index contributed by atoms with van der Waals surface area (Å²) in [6.07, 6.45) is 13.3. The molecule has 8 nitrogen and oxygen atoms in total. The fourth-order valence-electron chi connectivity index (χ4n) is 3.78. The standard InChI is InChI=1S/C21H27N7O/c29-20(27-11-13-28(14-12-27)21-23-8-4-9-24-21)18-15-19(26-16-25-18)22-10-7-17-5-2-1-3-6-17/h4-5,8-9,15-16H,1-3,6-7,10-14H2,(H,22,25,26). The van der Waals surface area contributed by atoms with Crippen LogP contribution in [0.25, 0.3) is 0 Å². The van der Waals surface area contributed by atoms with Gasteiger partial charge in [-0.15, -0.1) is 0 Å². The fourth-order valence-corrected chi connectivity index (χ4v) is 3.78. The van der Waals surface area contributed by atoms with Gasteiger partial charge in [-0.05, 0) is 38.2 Å². The van der Waals surface area contributed by atoms with Crippen LogP contribution in [0.4, 0.5) is 11.8 Å². The molecule has 152 valence electrons. The number of nitrogens with one attached hydrogen (secondary N) is 1. The van der Waals surface area contributed by atoms with Gasteiger partial charge in [0.1, 0.15) is 17.8 Å². The molecule has 1 saturated heterocycles. The summed E-state index contributed by atoms with van der Waals surface area (Å²) in [6, 6.07) is 3.56. The van der Waals surface area contributed by atoms with Gasteiger partial charge in [0.05, 0.1) is 0 Å². The van der Waals surface area contributed by atoms with Gasteiger partial charge in [-0.25, -0.2) is 19.9 Å². The van der Waals surface area contributed by atoms with Crippen molar-refractivity contribution in [3.05, 3.63) is 48.2 Å². The molecule has 1 N–H and O–H groups in total. The van der Waals surface area contributed by atoms with Crippen LogP contribution in [0.15, 0.2) is 42.5 Å². The van der Waals surface area contributed by atoms with Crippen molar-refractivity contribution < 1.29 is 4.79 Å². The predicted molar refractivity (Wildman–Crippen MR) is 112 cm³/mol. The lowest BCUT2D eigenvalue weighted by Gasteiger charge is -2.34. The van der Waals surface area contributed by atoms with E-state index in [1.807, 2.05) is 4.90 Å². The molecule has 4 rings (SSSR count). The number of piperazine rings is 1. The lowest BCUT2D eigenvalue weighted by atomic mass is 9.97. The van der Waals surface area contributed by atoms with Crippen molar-refractivity contribution in [1.29, 1.82) is 0 Å². The first-order valence-electron chi connectivity index (χ1n) is 10.3. The molecular weight excluding hydrogens is 366 g/mol. The largest absolute Gasteiger partial charge is 0.370 e. The molecule has 1 amide bonds. The molecular formula is C21H27N7O. The summed E-state index contributed by atoms with van der Waals surface area (Å²) in [5.41, 5.74) is 1.96. The maximum Gasteiger partial charge on any atom is 0.272 e. The number of anilines is 2. The maximum absolute atomic E-state index is 12.9. The minimum absolute atomic E-state index is 0.0564. The van der Waals surface area contributed by atoms with E-state index in [1.54, 1.807) is 24.5 Å². The van der Waals surface area contributed by atoms with E-state index in [1.165, 1.54) is 37.6 Å². The molecule has 29 heavy (non-hydrogen) atoms. The van der Waals surface area contributed by atoms with Crippen LogP contribution in [0.2, 0.25) is 0 Å². The second-order valence-electron chi connectivity index (χ2n) is 7.40. The molecule has 2 aromatic rings. The third kappa shape index (κ3) is 5.07. The number of carbonyl (C=O) groups is 1. The number of amides is 1. The van der Waals surface area contributed by atoms with E-state index < -0.39 is 0 Å². The third-order valence-corrected chi connectivity index (χ3v) is 5.43. The Kier molecular flexibility index (Phi) is 6.29. The summed E-state index contributed by atoms with van der Waals surface area (Å²) in [7, 11) is 0. The Labute approximate surface area is 171 Å². The highest BCUT2D eigenvalue weighted by atomic mass is 16.2. The monoisotopic (exact) mass is 393 g/mol. The van der Waals surface area contributed by atoms with Crippen molar-refractivity contribution in [3.63, 3.8) is 0 Å². The van der Waals surface area contributed by atoms with Crippen molar-refractivity contribution in [1.82, 2.24) is 24.8 Å². The lowest BCUT2D eigenvalue weighted by Crippen LogP contribution is -2.49. The first-order chi connectivity index (χ1) is 14.3. The van der Waals surface area contributed by atoms with Crippen LogP contribution in [-0.4, -0.2) is 63.5 Å². The quantitative estimate of drug-likeness (QED) is 0.755.